The maximum atomic E-state index is 13.4. The van der Waals surface area contributed by atoms with Crippen LogP contribution in [0.3, 0.4) is 0 Å². The molecule has 0 saturated carbocycles. The summed E-state index contributed by atoms with van der Waals surface area (Å²) in [5.41, 5.74) is 3.99. The van der Waals surface area contributed by atoms with E-state index in [-0.39, 0.29) is 5.91 Å². The maximum Gasteiger partial charge on any atom is 0.254 e. The fraction of sp³-hybridized carbons (Fsp3) is 0.250. The second-order valence-electron chi connectivity index (χ2n) is 8.83. The van der Waals surface area contributed by atoms with E-state index < -0.39 is 0 Å². The van der Waals surface area contributed by atoms with E-state index in [0.29, 0.717) is 23.7 Å². The number of fused-ring (bicyclic) bond motifs is 1. The second-order valence-corrected chi connectivity index (χ2v) is 9.23. The highest BCUT2D eigenvalue weighted by Crippen LogP contribution is 2.27. The molecular formula is C28H27ClN4O. The predicted octanol–water partition coefficient (Wildman–Crippen LogP) is 5.59. The first kappa shape index (κ1) is 22.5. The molecule has 1 aliphatic heterocycles. The van der Waals surface area contributed by atoms with E-state index >= 15 is 0 Å². The van der Waals surface area contributed by atoms with Gasteiger partial charge in [0.1, 0.15) is 5.69 Å². The van der Waals surface area contributed by atoms with Gasteiger partial charge in [-0.15, -0.1) is 10.2 Å². The monoisotopic (exact) mass is 470 g/mol. The molecule has 1 saturated heterocycles. The summed E-state index contributed by atoms with van der Waals surface area (Å²) in [6, 6.07) is 25.5. The number of piperidine rings is 1. The third-order valence-corrected chi connectivity index (χ3v) is 6.92. The van der Waals surface area contributed by atoms with Gasteiger partial charge in [0.15, 0.2) is 0 Å². The van der Waals surface area contributed by atoms with E-state index in [1.807, 2.05) is 72.8 Å². The fourth-order valence-electron chi connectivity index (χ4n) is 4.62. The third-order valence-electron chi connectivity index (χ3n) is 6.55. The fourth-order valence-corrected chi connectivity index (χ4v) is 4.82. The minimum atomic E-state index is -0.0940. The van der Waals surface area contributed by atoms with Gasteiger partial charge in [-0.1, -0.05) is 78.3 Å². The Labute approximate surface area is 204 Å². The van der Waals surface area contributed by atoms with Crippen LogP contribution in [-0.4, -0.2) is 40.6 Å². The molecular weight excluding hydrogens is 444 g/mol. The smallest absolute Gasteiger partial charge is 0.254 e. The van der Waals surface area contributed by atoms with Crippen LogP contribution < -0.4 is 5.32 Å². The third kappa shape index (κ3) is 4.96. The molecule has 1 aromatic heterocycles. The second kappa shape index (κ2) is 10.3. The first-order valence-electron chi connectivity index (χ1n) is 11.7. The molecule has 0 unspecified atom stereocenters. The van der Waals surface area contributed by atoms with Gasteiger partial charge in [0.2, 0.25) is 0 Å². The van der Waals surface area contributed by atoms with Gasteiger partial charge < -0.3 is 5.32 Å². The molecule has 1 aliphatic rings. The lowest BCUT2D eigenvalue weighted by atomic mass is 9.95. The van der Waals surface area contributed by atoms with Gasteiger partial charge in [-0.05, 0) is 49.5 Å². The van der Waals surface area contributed by atoms with Gasteiger partial charge in [0, 0.05) is 29.1 Å². The van der Waals surface area contributed by atoms with Crippen LogP contribution in [0.1, 0.15) is 28.8 Å². The SMILES string of the molecule is O=C(NCC1CCN(Cc2ccccc2Cl)CC1)c1c(-c2ccccc2)nnc2ccccc12. The average Bonchev–Trinajstić information content (AvgIpc) is 2.89. The van der Waals surface area contributed by atoms with Crippen LogP contribution in [0.25, 0.3) is 22.2 Å². The summed E-state index contributed by atoms with van der Waals surface area (Å²) in [6.45, 7) is 3.53. The predicted molar refractivity (Wildman–Crippen MR) is 137 cm³/mol. The Hall–Kier alpha value is -3.28. The number of rotatable bonds is 6. The zero-order valence-electron chi connectivity index (χ0n) is 19.0. The topological polar surface area (TPSA) is 58.1 Å². The highest BCUT2D eigenvalue weighted by atomic mass is 35.5. The van der Waals surface area contributed by atoms with Crippen LogP contribution in [0, 0.1) is 5.92 Å². The zero-order chi connectivity index (χ0) is 23.3. The molecule has 0 aliphatic carbocycles. The van der Waals surface area contributed by atoms with Crippen molar-refractivity contribution in [2.75, 3.05) is 19.6 Å². The minimum Gasteiger partial charge on any atom is -0.352 e. The molecule has 5 rings (SSSR count). The highest BCUT2D eigenvalue weighted by Gasteiger charge is 2.23. The van der Waals surface area contributed by atoms with E-state index in [1.54, 1.807) is 0 Å². The molecule has 172 valence electrons. The Bertz CT molecular complexity index is 1290. The number of hydrogen-bond donors (Lipinski definition) is 1. The Kier molecular flexibility index (Phi) is 6.84. The number of nitrogens with zero attached hydrogens (tertiary/aromatic N) is 3. The molecule has 1 N–H and O–H groups in total. The minimum absolute atomic E-state index is 0.0940. The van der Waals surface area contributed by atoms with E-state index in [4.69, 9.17) is 11.6 Å². The Morgan fingerprint density at radius 2 is 1.62 bits per heavy atom. The molecule has 0 radical (unpaired) electrons. The Morgan fingerprint density at radius 1 is 0.912 bits per heavy atom. The number of aromatic nitrogens is 2. The molecule has 6 heteroatoms. The number of nitrogens with one attached hydrogen (secondary N) is 1. The number of hydrogen-bond acceptors (Lipinski definition) is 4. The summed E-state index contributed by atoms with van der Waals surface area (Å²) in [4.78, 5) is 15.9. The van der Waals surface area contributed by atoms with Crippen LogP contribution in [0.15, 0.2) is 78.9 Å². The number of carbonyl (C=O) groups excluding carboxylic acids is 1. The first-order valence-corrected chi connectivity index (χ1v) is 12.1. The van der Waals surface area contributed by atoms with Crippen molar-refractivity contribution in [2.45, 2.75) is 19.4 Å². The summed E-state index contributed by atoms with van der Waals surface area (Å²) in [5.74, 6) is 0.358. The average molecular weight is 471 g/mol. The Morgan fingerprint density at radius 3 is 2.41 bits per heavy atom. The van der Waals surface area contributed by atoms with Gasteiger partial charge in [-0.2, -0.15) is 0 Å². The zero-order valence-corrected chi connectivity index (χ0v) is 19.7. The van der Waals surface area contributed by atoms with Crippen molar-refractivity contribution < 1.29 is 4.79 Å². The number of benzene rings is 3. The van der Waals surface area contributed by atoms with Crippen molar-refractivity contribution in [1.29, 1.82) is 0 Å². The number of halogens is 1. The van der Waals surface area contributed by atoms with Crippen molar-refractivity contribution in [3.63, 3.8) is 0 Å². The van der Waals surface area contributed by atoms with Crippen molar-refractivity contribution >= 4 is 28.4 Å². The molecule has 1 fully saturated rings. The van der Waals surface area contributed by atoms with E-state index in [2.05, 4.69) is 26.5 Å². The van der Waals surface area contributed by atoms with Crippen molar-refractivity contribution in [1.82, 2.24) is 20.4 Å². The number of likely N-dealkylation sites (tertiary alicyclic amines) is 1. The van der Waals surface area contributed by atoms with Crippen LogP contribution in [0.4, 0.5) is 0 Å². The van der Waals surface area contributed by atoms with E-state index in [0.717, 1.165) is 54.0 Å². The maximum absolute atomic E-state index is 13.4. The van der Waals surface area contributed by atoms with Crippen LogP contribution in [0.2, 0.25) is 5.02 Å². The standard InChI is InChI=1S/C28H27ClN4O/c29-24-12-6-4-10-22(24)19-33-16-14-20(15-17-33)18-30-28(34)26-23-11-5-7-13-25(23)31-32-27(26)21-8-2-1-3-9-21/h1-13,20H,14-19H2,(H,30,34). The van der Waals surface area contributed by atoms with Gasteiger partial charge in [-0.3, -0.25) is 9.69 Å². The lowest BCUT2D eigenvalue weighted by molar-refractivity contribution is 0.0937. The summed E-state index contributed by atoms with van der Waals surface area (Å²) >= 11 is 6.33. The number of amides is 1. The van der Waals surface area contributed by atoms with Gasteiger partial charge in [0.05, 0.1) is 11.1 Å². The van der Waals surface area contributed by atoms with Crippen LogP contribution in [0.5, 0.6) is 0 Å². The van der Waals surface area contributed by atoms with Gasteiger partial charge >= 0.3 is 0 Å². The van der Waals surface area contributed by atoms with Crippen molar-refractivity contribution in [3.8, 4) is 11.3 Å². The highest BCUT2D eigenvalue weighted by molar-refractivity contribution is 6.31. The summed E-state index contributed by atoms with van der Waals surface area (Å²) < 4.78 is 0. The lowest BCUT2D eigenvalue weighted by Crippen LogP contribution is -2.38. The van der Waals surface area contributed by atoms with Crippen LogP contribution >= 0.6 is 11.6 Å². The summed E-state index contributed by atoms with van der Waals surface area (Å²) in [5, 5.41) is 13.6. The van der Waals surface area contributed by atoms with Crippen LogP contribution in [-0.2, 0) is 6.54 Å². The van der Waals surface area contributed by atoms with E-state index in [9.17, 15) is 4.79 Å². The molecule has 0 atom stereocenters. The quantitative estimate of drug-likeness (QED) is 0.399. The molecule has 5 nitrogen and oxygen atoms in total. The molecule has 4 aromatic rings. The van der Waals surface area contributed by atoms with Crippen molar-refractivity contribution in [2.24, 2.45) is 5.92 Å². The van der Waals surface area contributed by atoms with Gasteiger partial charge in [-0.25, -0.2) is 0 Å². The molecule has 34 heavy (non-hydrogen) atoms. The molecule has 1 amide bonds. The molecule has 0 spiro atoms. The van der Waals surface area contributed by atoms with Gasteiger partial charge in [0.25, 0.3) is 5.91 Å². The first-order chi connectivity index (χ1) is 16.7. The van der Waals surface area contributed by atoms with Crippen molar-refractivity contribution in [3.05, 3.63) is 95.0 Å². The Balaban J connectivity index is 1.26. The lowest BCUT2D eigenvalue weighted by Gasteiger charge is -2.32. The van der Waals surface area contributed by atoms with E-state index in [1.165, 1.54) is 5.56 Å². The molecule has 3 aromatic carbocycles. The summed E-state index contributed by atoms with van der Waals surface area (Å²) in [7, 11) is 0. The summed E-state index contributed by atoms with van der Waals surface area (Å²) in [6.07, 6.45) is 2.09. The molecule has 2 heterocycles. The number of carbonyl (C=O) groups is 1. The largest absolute Gasteiger partial charge is 0.352 e. The normalized spacial score (nSPS) is 14.9. The molecule has 0 bridgehead atoms.